The molecule has 1 fully saturated rings. The lowest BCUT2D eigenvalue weighted by molar-refractivity contribution is 0.801. The Bertz CT molecular complexity index is 428. The molecule has 1 N–H and O–H groups in total. The third kappa shape index (κ3) is 1.20. The number of aromatic amines is 1. The van der Waals surface area contributed by atoms with E-state index in [0.717, 1.165) is 17.9 Å². The van der Waals surface area contributed by atoms with Crippen LogP contribution in [0.2, 0.25) is 0 Å². The van der Waals surface area contributed by atoms with Gasteiger partial charge in [0, 0.05) is 17.8 Å². The molecule has 3 nitrogen and oxygen atoms in total. The molecule has 0 saturated heterocycles. The van der Waals surface area contributed by atoms with Crippen LogP contribution in [-0.2, 0) is 6.42 Å². The maximum Gasteiger partial charge on any atom is 0.0719 e. The number of fused-ring (bicyclic) bond motifs is 1. The van der Waals surface area contributed by atoms with Gasteiger partial charge in [0.05, 0.1) is 11.2 Å². The van der Waals surface area contributed by atoms with Crippen LogP contribution < -0.4 is 0 Å². The van der Waals surface area contributed by atoms with Gasteiger partial charge in [0.2, 0.25) is 0 Å². The van der Waals surface area contributed by atoms with E-state index in [2.05, 4.69) is 15.2 Å². The summed E-state index contributed by atoms with van der Waals surface area (Å²) in [4.78, 5) is 4.11. The summed E-state index contributed by atoms with van der Waals surface area (Å²) >= 11 is 0. The first-order valence-electron chi connectivity index (χ1n) is 4.70. The molecular formula is C10H11N3. The Labute approximate surface area is 76.2 Å². The molecule has 0 spiro atoms. The van der Waals surface area contributed by atoms with E-state index in [1.54, 1.807) is 6.20 Å². The van der Waals surface area contributed by atoms with Crippen LogP contribution >= 0.6 is 0 Å². The number of nitrogens with one attached hydrogen (secondary N) is 1. The van der Waals surface area contributed by atoms with Crippen LogP contribution in [0.3, 0.4) is 0 Å². The zero-order valence-electron chi connectivity index (χ0n) is 7.33. The van der Waals surface area contributed by atoms with Gasteiger partial charge in [0.25, 0.3) is 0 Å². The van der Waals surface area contributed by atoms with Gasteiger partial charge in [-0.15, -0.1) is 0 Å². The van der Waals surface area contributed by atoms with Crippen LogP contribution in [0.15, 0.2) is 18.5 Å². The summed E-state index contributed by atoms with van der Waals surface area (Å²) < 4.78 is 0. The number of hydrogen-bond acceptors (Lipinski definition) is 2. The molecule has 1 saturated carbocycles. The summed E-state index contributed by atoms with van der Waals surface area (Å²) in [6.45, 7) is 0. The molecule has 3 rings (SSSR count). The fourth-order valence-corrected chi connectivity index (χ4v) is 1.66. The molecule has 1 aliphatic carbocycles. The van der Waals surface area contributed by atoms with Gasteiger partial charge in [0.15, 0.2) is 0 Å². The first kappa shape index (κ1) is 7.06. The molecule has 3 heteroatoms. The second kappa shape index (κ2) is 2.55. The number of aromatic nitrogens is 3. The van der Waals surface area contributed by atoms with E-state index >= 15 is 0 Å². The van der Waals surface area contributed by atoms with Crippen LogP contribution in [0.5, 0.6) is 0 Å². The Morgan fingerprint density at radius 3 is 3.23 bits per heavy atom. The van der Waals surface area contributed by atoms with Crippen molar-refractivity contribution >= 4 is 10.9 Å². The van der Waals surface area contributed by atoms with Crippen LogP contribution in [0, 0.1) is 5.92 Å². The average molecular weight is 173 g/mol. The molecule has 2 aromatic rings. The highest BCUT2D eigenvalue weighted by Crippen LogP contribution is 2.33. The molecule has 0 unspecified atom stereocenters. The molecule has 66 valence electrons. The van der Waals surface area contributed by atoms with Gasteiger partial charge in [-0.2, -0.15) is 5.10 Å². The highest BCUT2D eigenvalue weighted by Gasteiger charge is 2.23. The van der Waals surface area contributed by atoms with Crippen LogP contribution in [0.25, 0.3) is 10.9 Å². The Kier molecular flexibility index (Phi) is 1.39. The Morgan fingerprint density at radius 2 is 2.38 bits per heavy atom. The molecule has 0 amide bonds. The van der Waals surface area contributed by atoms with Crippen molar-refractivity contribution in [2.45, 2.75) is 19.3 Å². The van der Waals surface area contributed by atoms with Crippen LogP contribution in [0.1, 0.15) is 18.5 Å². The molecule has 2 heterocycles. The molecule has 0 atom stereocenters. The summed E-state index contributed by atoms with van der Waals surface area (Å²) in [5, 5.41) is 8.53. The Hall–Kier alpha value is -1.38. The number of rotatable bonds is 2. The van der Waals surface area contributed by atoms with E-state index in [0.29, 0.717) is 0 Å². The lowest BCUT2D eigenvalue weighted by Crippen LogP contribution is -1.87. The largest absolute Gasteiger partial charge is 0.277 e. The number of H-pyrrole nitrogens is 1. The van der Waals surface area contributed by atoms with E-state index in [9.17, 15) is 0 Å². The molecule has 2 aromatic heterocycles. The van der Waals surface area contributed by atoms with E-state index in [4.69, 9.17) is 0 Å². The minimum atomic E-state index is 0.881. The quantitative estimate of drug-likeness (QED) is 0.753. The number of nitrogens with zero attached hydrogens (tertiary/aromatic N) is 2. The van der Waals surface area contributed by atoms with Crippen molar-refractivity contribution in [1.29, 1.82) is 0 Å². The molecule has 1 aliphatic rings. The summed E-state index contributed by atoms with van der Waals surface area (Å²) in [6.07, 6.45) is 7.55. The number of pyridine rings is 1. The number of hydrogen-bond donors (Lipinski definition) is 1. The lowest BCUT2D eigenvalue weighted by Gasteiger charge is -1.92. The van der Waals surface area contributed by atoms with E-state index < -0.39 is 0 Å². The van der Waals surface area contributed by atoms with Gasteiger partial charge in [0.1, 0.15) is 0 Å². The van der Waals surface area contributed by atoms with Gasteiger partial charge in [-0.3, -0.25) is 10.1 Å². The van der Waals surface area contributed by atoms with Gasteiger partial charge in [-0.25, -0.2) is 0 Å². The van der Waals surface area contributed by atoms with E-state index in [1.807, 2.05) is 12.3 Å². The van der Waals surface area contributed by atoms with Crippen molar-refractivity contribution in [2.75, 3.05) is 0 Å². The van der Waals surface area contributed by atoms with E-state index in [1.165, 1.54) is 23.9 Å². The van der Waals surface area contributed by atoms with Gasteiger partial charge in [-0.1, -0.05) is 0 Å². The predicted octanol–water partition coefficient (Wildman–Crippen LogP) is 1.91. The molecule has 0 bridgehead atoms. The SMILES string of the molecule is c1cc2[nH]nc(CC3CC3)c2cn1. The van der Waals surface area contributed by atoms with Gasteiger partial charge >= 0.3 is 0 Å². The topological polar surface area (TPSA) is 41.6 Å². The smallest absolute Gasteiger partial charge is 0.0719 e. The van der Waals surface area contributed by atoms with Crippen molar-refractivity contribution in [3.63, 3.8) is 0 Å². The predicted molar refractivity (Wildman–Crippen MR) is 50.3 cm³/mol. The third-order valence-electron chi connectivity index (χ3n) is 2.62. The summed E-state index contributed by atoms with van der Waals surface area (Å²) in [7, 11) is 0. The van der Waals surface area contributed by atoms with Crippen molar-refractivity contribution in [3.8, 4) is 0 Å². The Morgan fingerprint density at radius 1 is 1.46 bits per heavy atom. The molecule has 0 aromatic carbocycles. The fourth-order valence-electron chi connectivity index (χ4n) is 1.66. The monoisotopic (exact) mass is 173 g/mol. The van der Waals surface area contributed by atoms with Gasteiger partial charge in [-0.05, 0) is 31.2 Å². The molecule has 13 heavy (non-hydrogen) atoms. The molecule has 0 radical (unpaired) electrons. The summed E-state index contributed by atoms with van der Waals surface area (Å²) in [5.74, 6) is 0.881. The average Bonchev–Trinajstić information content (AvgIpc) is 2.88. The minimum Gasteiger partial charge on any atom is -0.277 e. The first-order chi connectivity index (χ1) is 6.43. The van der Waals surface area contributed by atoms with Crippen LogP contribution in [0.4, 0.5) is 0 Å². The fraction of sp³-hybridized carbons (Fsp3) is 0.400. The molecule has 0 aliphatic heterocycles. The van der Waals surface area contributed by atoms with Crippen molar-refractivity contribution in [1.82, 2.24) is 15.2 Å². The maximum atomic E-state index is 4.31. The second-order valence-electron chi connectivity index (χ2n) is 3.74. The standard InChI is InChI=1S/C10H11N3/c1-2-7(1)5-10-8-6-11-4-3-9(8)12-13-10/h3-4,6-7H,1-2,5H2,(H,12,13). The summed E-state index contributed by atoms with van der Waals surface area (Å²) in [5.41, 5.74) is 2.29. The maximum absolute atomic E-state index is 4.31. The van der Waals surface area contributed by atoms with Crippen molar-refractivity contribution in [2.24, 2.45) is 5.92 Å². The Balaban J connectivity index is 2.06. The second-order valence-corrected chi connectivity index (χ2v) is 3.74. The molecular weight excluding hydrogens is 162 g/mol. The van der Waals surface area contributed by atoms with Crippen molar-refractivity contribution in [3.05, 3.63) is 24.2 Å². The van der Waals surface area contributed by atoms with Crippen molar-refractivity contribution < 1.29 is 0 Å². The van der Waals surface area contributed by atoms with E-state index in [-0.39, 0.29) is 0 Å². The first-order valence-corrected chi connectivity index (χ1v) is 4.70. The summed E-state index contributed by atoms with van der Waals surface area (Å²) in [6, 6.07) is 1.97. The normalized spacial score (nSPS) is 16.6. The minimum absolute atomic E-state index is 0.881. The highest BCUT2D eigenvalue weighted by atomic mass is 15.1. The highest BCUT2D eigenvalue weighted by molar-refractivity contribution is 5.80. The lowest BCUT2D eigenvalue weighted by atomic mass is 10.1. The van der Waals surface area contributed by atoms with Gasteiger partial charge < -0.3 is 0 Å². The zero-order chi connectivity index (χ0) is 8.67. The zero-order valence-corrected chi connectivity index (χ0v) is 7.33. The third-order valence-corrected chi connectivity index (χ3v) is 2.62. The van der Waals surface area contributed by atoms with Crippen LogP contribution in [-0.4, -0.2) is 15.2 Å².